The van der Waals surface area contributed by atoms with Crippen molar-refractivity contribution < 1.29 is 14.8 Å². The molecule has 0 fully saturated rings. The van der Waals surface area contributed by atoms with Gasteiger partial charge in [-0.3, -0.25) is 19.6 Å². The van der Waals surface area contributed by atoms with E-state index in [2.05, 4.69) is 47.5 Å². The Morgan fingerprint density at radius 1 is 1.48 bits per heavy atom. The van der Waals surface area contributed by atoms with Gasteiger partial charge < -0.3 is 5.11 Å². The average molecular weight is 447 g/mol. The summed E-state index contributed by atoms with van der Waals surface area (Å²) in [6.07, 6.45) is 2.45. The molecule has 2 rings (SSSR count). The molecule has 9 nitrogen and oxygen atoms in total. The topological polar surface area (TPSA) is 123 Å². The van der Waals surface area contributed by atoms with Crippen molar-refractivity contribution in [1.29, 1.82) is 0 Å². The summed E-state index contributed by atoms with van der Waals surface area (Å²) in [5.74, 6) is -0.763. The summed E-state index contributed by atoms with van der Waals surface area (Å²) in [5.41, 5.74) is 2.01. The number of nitrogens with one attached hydrogen (secondary N) is 1. The van der Waals surface area contributed by atoms with Crippen molar-refractivity contribution in [3.63, 3.8) is 0 Å². The number of nitro groups is 1. The van der Waals surface area contributed by atoms with E-state index >= 15 is 0 Å². The number of hydrogen-bond donors (Lipinski definition) is 2. The lowest BCUT2D eigenvalue weighted by atomic mass is 10.2. The van der Waals surface area contributed by atoms with Crippen LogP contribution in [-0.4, -0.2) is 31.9 Å². The van der Waals surface area contributed by atoms with Gasteiger partial charge in [-0.2, -0.15) is 10.2 Å². The third-order valence-corrected chi connectivity index (χ3v) is 3.85. The zero-order chi connectivity index (χ0) is 17.1. The van der Waals surface area contributed by atoms with Crippen LogP contribution < -0.4 is 5.43 Å². The third-order valence-electron chi connectivity index (χ3n) is 2.64. The molecule has 11 heteroatoms. The highest BCUT2D eigenvalue weighted by molar-refractivity contribution is 9.11. The van der Waals surface area contributed by atoms with Crippen LogP contribution >= 0.6 is 31.9 Å². The predicted molar refractivity (Wildman–Crippen MR) is 88.4 cm³/mol. The molecule has 2 aromatic rings. The van der Waals surface area contributed by atoms with E-state index < -0.39 is 16.5 Å². The van der Waals surface area contributed by atoms with E-state index in [1.54, 1.807) is 12.1 Å². The smallest absolute Gasteiger partial charge is 0.320 e. The molecule has 0 bridgehead atoms. The molecular weight excluding hydrogens is 438 g/mol. The number of aromatic nitrogens is 2. The van der Waals surface area contributed by atoms with Gasteiger partial charge >= 0.3 is 5.69 Å². The van der Waals surface area contributed by atoms with Crippen molar-refractivity contribution in [3.8, 4) is 5.75 Å². The maximum absolute atomic E-state index is 11.9. The van der Waals surface area contributed by atoms with Crippen LogP contribution in [-0.2, 0) is 7.05 Å². The monoisotopic (exact) mass is 445 g/mol. The fourth-order valence-electron chi connectivity index (χ4n) is 1.65. The number of phenols is 1. The molecule has 1 aromatic heterocycles. The van der Waals surface area contributed by atoms with Crippen LogP contribution in [0.25, 0.3) is 0 Å². The number of carbonyl (C=O) groups excluding carboxylic acids is 1. The lowest BCUT2D eigenvalue weighted by Crippen LogP contribution is -2.19. The van der Waals surface area contributed by atoms with Crippen molar-refractivity contribution in [2.45, 2.75) is 0 Å². The molecule has 0 aliphatic heterocycles. The van der Waals surface area contributed by atoms with Crippen molar-refractivity contribution in [1.82, 2.24) is 15.2 Å². The first kappa shape index (κ1) is 17.1. The van der Waals surface area contributed by atoms with E-state index in [0.717, 1.165) is 6.20 Å². The van der Waals surface area contributed by atoms with Crippen LogP contribution in [0, 0.1) is 10.1 Å². The van der Waals surface area contributed by atoms with Crippen molar-refractivity contribution in [2.75, 3.05) is 0 Å². The van der Waals surface area contributed by atoms with Crippen LogP contribution in [0.4, 0.5) is 5.69 Å². The number of hydrogen-bond acceptors (Lipinski definition) is 6. The highest BCUT2D eigenvalue weighted by atomic mass is 79.9. The van der Waals surface area contributed by atoms with E-state index in [1.165, 1.54) is 17.9 Å². The SMILES string of the molecule is Cn1cc([N+](=O)[O-])c(C(=O)NN=Cc2cc(Br)c(O)c(Br)c2)n1. The zero-order valence-corrected chi connectivity index (χ0v) is 14.7. The normalized spacial score (nSPS) is 10.9. The van der Waals surface area contributed by atoms with Crippen molar-refractivity contribution in [2.24, 2.45) is 12.1 Å². The second-order valence-electron chi connectivity index (χ2n) is 4.33. The Balaban J connectivity index is 2.15. The Morgan fingerprint density at radius 2 is 2.09 bits per heavy atom. The lowest BCUT2D eigenvalue weighted by Gasteiger charge is -2.02. The molecule has 120 valence electrons. The third kappa shape index (κ3) is 3.93. The molecule has 2 N–H and O–H groups in total. The summed E-state index contributed by atoms with van der Waals surface area (Å²) < 4.78 is 2.06. The number of amides is 1. The van der Waals surface area contributed by atoms with E-state index in [4.69, 9.17) is 0 Å². The highest BCUT2D eigenvalue weighted by Crippen LogP contribution is 2.32. The number of aromatic hydroxyl groups is 1. The van der Waals surface area contributed by atoms with Crippen LogP contribution in [0.5, 0.6) is 5.75 Å². The van der Waals surface area contributed by atoms with Gasteiger partial charge in [0.1, 0.15) is 11.9 Å². The van der Waals surface area contributed by atoms with Gasteiger partial charge in [0.15, 0.2) is 0 Å². The van der Waals surface area contributed by atoms with Gasteiger partial charge in [-0.15, -0.1) is 0 Å². The van der Waals surface area contributed by atoms with Crippen LogP contribution in [0.1, 0.15) is 16.1 Å². The molecule has 23 heavy (non-hydrogen) atoms. The molecule has 0 aliphatic carbocycles. The van der Waals surface area contributed by atoms with Gasteiger partial charge in [0.05, 0.1) is 20.1 Å². The van der Waals surface area contributed by atoms with Gasteiger partial charge in [0.25, 0.3) is 5.91 Å². The maximum atomic E-state index is 11.9. The Bertz CT molecular complexity index is 795. The molecule has 0 saturated carbocycles. The molecular formula is C12H9Br2N5O4. The molecule has 0 spiro atoms. The van der Waals surface area contributed by atoms with Crippen LogP contribution in [0.2, 0.25) is 0 Å². The number of carbonyl (C=O) groups is 1. The number of nitrogens with zero attached hydrogens (tertiary/aromatic N) is 4. The molecule has 0 unspecified atom stereocenters. The Labute approximate surface area is 146 Å². The number of phenolic OH excluding ortho intramolecular Hbond substituents is 1. The van der Waals surface area contributed by atoms with E-state index in [1.807, 2.05) is 0 Å². The summed E-state index contributed by atoms with van der Waals surface area (Å²) in [6.45, 7) is 0. The van der Waals surface area contributed by atoms with Gasteiger partial charge in [-0.25, -0.2) is 5.43 Å². The summed E-state index contributed by atoms with van der Waals surface area (Å²) >= 11 is 6.33. The first-order chi connectivity index (χ1) is 10.8. The number of hydrazone groups is 1. The standard InChI is InChI=1S/C12H9Br2N5O4/c1-18-5-9(19(22)23)10(17-18)12(21)16-15-4-6-2-7(13)11(20)8(14)3-6/h2-5,20H,1H3,(H,16,21). The number of rotatable bonds is 4. The Morgan fingerprint density at radius 3 is 2.65 bits per heavy atom. The predicted octanol–water partition coefficient (Wildman–Crippen LogP) is 2.32. The molecule has 0 radical (unpaired) electrons. The number of benzene rings is 1. The van der Waals surface area contributed by atoms with Gasteiger partial charge in [-0.05, 0) is 49.6 Å². The van der Waals surface area contributed by atoms with Crippen molar-refractivity contribution >= 4 is 49.7 Å². The second-order valence-corrected chi connectivity index (χ2v) is 6.03. The summed E-state index contributed by atoms with van der Waals surface area (Å²) in [4.78, 5) is 22.0. The first-order valence-corrected chi connectivity index (χ1v) is 7.57. The first-order valence-electron chi connectivity index (χ1n) is 5.99. The minimum Gasteiger partial charge on any atom is -0.506 e. The molecule has 0 atom stereocenters. The van der Waals surface area contributed by atoms with E-state index in [0.29, 0.717) is 14.5 Å². The number of halogens is 2. The largest absolute Gasteiger partial charge is 0.506 e. The zero-order valence-electron chi connectivity index (χ0n) is 11.5. The van der Waals surface area contributed by atoms with Crippen molar-refractivity contribution in [3.05, 3.63) is 48.6 Å². The highest BCUT2D eigenvalue weighted by Gasteiger charge is 2.24. The van der Waals surface area contributed by atoms with E-state index in [9.17, 15) is 20.0 Å². The van der Waals surface area contributed by atoms with Crippen LogP contribution in [0.15, 0.2) is 32.4 Å². The molecule has 1 heterocycles. The molecule has 0 saturated heterocycles. The Kier molecular flexibility index (Phi) is 5.11. The Hall–Kier alpha value is -2.27. The maximum Gasteiger partial charge on any atom is 0.320 e. The fourth-order valence-corrected chi connectivity index (χ4v) is 2.87. The fraction of sp³-hybridized carbons (Fsp3) is 0.0833. The van der Waals surface area contributed by atoms with Crippen LogP contribution in [0.3, 0.4) is 0 Å². The lowest BCUT2D eigenvalue weighted by molar-refractivity contribution is -0.385. The minimum atomic E-state index is -0.801. The summed E-state index contributed by atoms with van der Waals surface area (Å²) in [7, 11) is 1.47. The molecule has 1 aromatic carbocycles. The summed E-state index contributed by atoms with van der Waals surface area (Å²) in [5, 5.41) is 27.9. The van der Waals surface area contributed by atoms with Gasteiger partial charge in [-0.1, -0.05) is 0 Å². The quantitative estimate of drug-likeness (QED) is 0.423. The minimum absolute atomic E-state index is 0.0373. The van der Waals surface area contributed by atoms with Gasteiger partial charge in [0, 0.05) is 7.05 Å². The molecule has 1 amide bonds. The second kappa shape index (κ2) is 6.87. The molecule has 0 aliphatic rings. The summed E-state index contributed by atoms with van der Waals surface area (Å²) in [6, 6.07) is 3.16. The number of aryl methyl sites for hydroxylation is 1. The average Bonchev–Trinajstić information content (AvgIpc) is 2.87. The van der Waals surface area contributed by atoms with Gasteiger partial charge in [0.2, 0.25) is 5.69 Å². The van der Waals surface area contributed by atoms with E-state index in [-0.39, 0.29) is 11.4 Å².